The van der Waals surface area contributed by atoms with Crippen LogP contribution in [0.2, 0.25) is 0 Å². The molecule has 18 heavy (non-hydrogen) atoms. The summed E-state index contributed by atoms with van der Waals surface area (Å²) in [5, 5.41) is 0. The summed E-state index contributed by atoms with van der Waals surface area (Å²) in [6, 6.07) is 6.81. The number of piperidine rings is 1. The summed E-state index contributed by atoms with van der Waals surface area (Å²) >= 11 is 0. The van der Waals surface area contributed by atoms with E-state index in [-0.39, 0.29) is 5.97 Å². The lowest BCUT2D eigenvalue weighted by molar-refractivity contribution is -0.131. The Morgan fingerprint density at radius 1 is 1.44 bits per heavy atom. The molecule has 1 saturated heterocycles. The second-order valence-corrected chi connectivity index (χ2v) is 5.51. The number of hydrogen-bond donors (Lipinski definition) is 0. The number of likely N-dealkylation sites (tertiary alicyclic amines) is 1. The normalized spacial score (nSPS) is 26.6. The Kier molecular flexibility index (Phi) is 2.86. The Balaban J connectivity index is 1.92. The molecule has 1 aliphatic heterocycles. The van der Waals surface area contributed by atoms with Gasteiger partial charge in [-0.1, -0.05) is 6.07 Å². The second-order valence-electron chi connectivity index (χ2n) is 5.51. The molecule has 3 heteroatoms. The summed E-state index contributed by atoms with van der Waals surface area (Å²) in [4.78, 5) is 13.5. The van der Waals surface area contributed by atoms with E-state index in [1.165, 1.54) is 37.4 Å². The average molecular weight is 245 g/mol. The van der Waals surface area contributed by atoms with Gasteiger partial charge in [0.2, 0.25) is 0 Å². The topological polar surface area (TPSA) is 29.5 Å². The zero-order valence-corrected chi connectivity index (χ0v) is 11.0. The fourth-order valence-corrected chi connectivity index (χ4v) is 3.31. The van der Waals surface area contributed by atoms with E-state index < -0.39 is 0 Å². The highest BCUT2D eigenvalue weighted by Gasteiger charge is 2.33. The summed E-state index contributed by atoms with van der Waals surface area (Å²) in [6.07, 6.45) is 3.58. The monoisotopic (exact) mass is 245 g/mol. The molecule has 1 heterocycles. The summed E-state index contributed by atoms with van der Waals surface area (Å²) in [5.74, 6) is 1.09. The van der Waals surface area contributed by atoms with Gasteiger partial charge in [0.1, 0.15) is 5.75 Å². The summed E-state index contributed by atoms with van der Waals surface area (Å²) < 4.78 is 5.19. The van der Waals surface area contributed by atoms with Crippen LogP contribution in [0.15, 0.2) is 18.2 Å². The molecule has 2 aliphatic rings. The molecule has 3 rings (SSSR count). The number of esters is 1. The summed E-state index contributed by atoms with van der Waals surface area (Å²) in [5.41, 5.74) is 2.83. The Labute approximate surface area is 108 Å². The van der Waals surface area contributed by atoms with Crippen LogP contribution in [0.4, 0.5) is 0 Å². The molecule has 3 nitrogen and oxygen atoms in total. The van der Waals surface area contributed by atoms with Crippen molar-refractivity contribution in [1.29, 1.82) is 0 Å². The predicted octanol–water partition coefficient (Wildman–Crippen LogP) is 2.35. The quantitative estimate of drug-likeness (QED) is 0.562. The number of carbonyl (C=O) groups excluding carboxylic acids is 1. The van der Waals surface area contributed by atoms with Gasteiger partial charge >= 0.3 is 5.97 Å². The van der Waals surface area contributed by atoms with Crippen LogP contribution in [0, 0.1) is 0 Å². The van der Waals surface area contributed by atoms with Gasteiger partial charge in [-0.25, -0.2) is 0 Å². The van der Waals surface area contributed by atoms with E-state index in [0.717, 1.165) is 6.42 Å². The number of nitrogens with zero attached hydrogens (tertiary/aromatic N) is 1. The maximum atomic E-state index is 11.0. The van der Waals surface area contributed by atoms with E-state index >= 15 is 0 Å². The van der Waals surface area contributed by atoms with Crippen molar-refractivity contribution in [3.05, 3.63) is 29.3 Å². The van der Waals surface area contributed by atoms with Crippen LogP contribution >= 0.6 is 0 Å². The molecule has 1 unspecified atom stereocenters. The number of carbonyl (C=O) groups is 1. The minimum atomic E-state index is -0.244. The molecule has 1 fully saturated rings. The zero-order chi connectivity index (χ0) is 12.7. The Morgan fingerprint density at radius 3 is 3.06 bits per heavy atom. The molecule has 2 atom stereocenters. The highest BCUT2D eigenvalue weighted by Crippen LogP contribution is 2.40. The average Bonchev–Trinajstić information content (AvgIpc) is 2.34. The number of rotatable bonds is 1. The van der Waals surface area contributed by atoms with Crippen molar-refractivity contribution >= 4 is 5.97 Å². The van der Waals surface area contributed by atoms with E-state index in [1.54, 1.807) is 0 Å². The van der Waals surface area contributed by atoms with Crippen LogP contribution in [-0.4, -0.2) is 30.5 Å². The minimum absolute atomic E-state index is 0.244. The minimum Gasteiger partial charge on any atom is -0.427 e. The number of likely N-dealkylation sites (N-methyl/N-ethyl adjacent to an activating group) is 1. The molecule has 0 saturated carbocycles. The van der Waals surface area contributed by atoms with Crippen molar-refractivity contribution in [1.82, 2.24) is 4.90 Å². The molecule has 0 radical (unpaired) electrons. The van der Waals surface area contributed by atoms with Crippen molar-refractivity contribution < 1.29 is 9.53 Å². The molecule has 1 aromatic rings. The molecule has 0 amide bonds. The molecule has 1 aliphatic carbocycles. The largest absolute Gasteiger partial charge is 0.427 e. The molecular formula is C15H19NO2. The third-order valence-corrected chi connectivity index (χ3v) is 4.28. The van der Waals surface area contributed by atoms with Crippen LogP contribution in [0.1, 0.15) is 36.8 Å². The number of fused-ring (bicyclic) bond motifs is 4. The third kappa shape index (κ3) is 2.03. The van der Waals surface area contributed by atoms with Crippen molar-refractivity contribution in [3.63, 3.8) is 0 Å². The van der Waals surface area contributed by atoms with Crippen molar-refractivity contribution in [2.75, 3.05) is 13.6 Å². The zero-order valence-electron chi connectivity index (χ0n) is 11.0. The van der Waals surface area contributed by atoms with E-state index in [4.69, 9.17) is 4.74 Å². The predicted molar refractivity (Wildman–Crippen MR) is 69.8 cm³/mol. The molecular weight excluding hydrogens is 226 g/mol. The van der Waals surface area contributed by atoms with Gasteiger partial charge < -0.3 is 9.64 Å². The van der Waals surface area contributed by atoms with E-state index in [0.29, 0.717) is 17.7 Å². The smallest absolute Gasteiger partial charge is 0.308 e. The van der Waals surface area contributed by atoms with Crippen LogP contribution in [0.3, 0.4) is 0 Å². The van der Waals surface area contributed by atoms with Crippen molar-refractivity contribution in [2.24, 2.45) is 0 Å². The fourth-order valence-electron chi connectivity index (χ4n) is 3.31. The van der Waals surface area contributed by atoms with Crippen LogP contribution in [0.5, 0.6) is 5.75 Å². The third-order valence-electron chi connectivity index (χ3n) is 4.28. The van der Waals surface area contributed by atoms with E-state index in [2.05, 4.69) is 24.1 Å². The molecule has 0 N–H and O–H groups in total. The van der Waals surface area contributed by atoms with Gasteiger partial charge in [0, 0.05) is 13.0 Å². The summed E-state index contributed by atoms with van der Waals surface area (Å²) in [6.45, 7) is 2.62. The molecule has 2 bridgehead atoms. The lowest BCUT2D eigenvalue weighted by Gasteiger charge is -2.42. The SMILES string of the molecule is CC(=O)Oc1ccc2c(c1)[C@H]1CCN(C)C(C2)C1. The Morgan fingerprint density at radius 2 is 2.28 bits per heavy atom. The number of hydrogen-bond acceptors (Lipinski definition) is 3. The number of ether oxygens (including phenoxy) is 1. The van der Waals surface area contributed by atoms with Gasteiger partial charge in [-0.3, -0.25) is 4.79 Å². The van der Waals surface area contributed by atoms with Crippen molar-refractivity contribution in [3.8, 4) is 5.75 Å². The van der Waals surface area contributed by atoms with E-state index in [9.17, 15) is 4.79 Å². The second kappa shape index (κ2) is 4.39. The first-order valence-corrected chi connectivity index (χ1v) is 6.65. The van der Waals surface area contributed by atoms with Gasteiger partial charge in [0.25, 0.3) is 0 Å². The van der Waals surface area contributed by atoms with Crippen LogP contribution in [0.25, 0.3) is 0 Å². The molecule has 1 aromatic carbocycles. The number of benzene rings is 1. The molecule has 0 spiro atoms. The first kappa shape index (κ1) is 11.7. The van der Waals surface area contributed by atoms with Crippen LogP contribution < -0.4 is 4.74 Å². The Bertz CT molecular complexity index is 483. The molecule has 96 valence electrons. The lowest BCUT2D eigenvalue weighted by atomic mass is 9.75. The van der Waals surface area contributed by atoms with Gasteiger partial charge in [0.05, 0.1) is 0 Å². The first-order valence-electron chi connectivity index (χ1n) is 6.65. The highest BCUT2D eigenvalue weighted by molar-refractivity contribution is 5.69. The summed E-state index contributed by atoms with van der Waals surface area (Å²) in [7, 11) is 2.22. The maximum Gasteiger partial charge on any atom is 0.308 e. The van der Waals surface area contributed by atoms with Crippen molar-refractivity contribution in [2.45, 2.75) is 38.1 Å². The lowest BCUT2D eigenvalue weighted by Crippen LogP contribution is -2.43. The fraction of sp³-hybridized carbons (Fsp3) is 0.533. The van der Waals surface area contributed by atoms with Gasteiger partial charge in [-0.15, -0.1) is 0 Å². The Hall–Kier alpha value is -1.35. The molecule has 0 aromatic heterocycles. The van der Waals surface area contributed by atoms with E-state index in [1.807, 2.05) is 6.07 Å². The maximum absolute atomic E-state index is 11.0. The highest BCUT2D eigenvalue weighted by atomic mass is 16.5. The van der Waals surface area contributed by atoms with Gasteiger partial charge in [0.15, 0.2) is 0 Å². The first-order chi connectivity index (χ1) is 8.63. The van der Waals surface area contributed by atoms with Gasteiger partial charge in [-0.05, 0) is 62.0 Å². The standard InChI is InChI=1S/C15H19NO2/c1-10(17)18-14-4-3-11-7-13-8-12(15(11)9-14)5-6-16(13)2/h3-4,9,12-13H,5-8H2,1-2H3/t12-,13?/m0/s1. The van der Waals surface area contributed by atoms with Crippen LogP contribution in [-0.2, 0) is 11.2 Å². The van der Waals surface area contributed by atoms with Gasteiger partial charge in [-0.2, -0.15) is 0 Å².